The summed E-state index contributed by atoms with van der Waals surface area (Å²) >= 11 is 0. The molecule has 162 valence electrons. The summed E-state index contributed by atoms with van der Waals surface area (Å²) in [5, 5.41) is 7.71. The molecule has 1 aliphatic carbocycles. The van der Waals surface area contributed by atoms with Crippen molar-refractivity contribution in [2.75, 3.05) is 24.1 Å². The number of anilines is 2. The van der Waals surface area contributed by atoms with Crippen LogP contribution < -0.4 is 15.8 Å². The third-order valence-corrected chi connectivity index (χ3v) is 5.32. The zero-order valence-electron chi connectivity index (χ0n) is 17.9. The fraction of sp³-hybridized carbons (Fsp3) is 0.391. The van der Waals surface area contributed by atoms with Crippen LogP contribution in [0.1, 0.15) is 33.1 Å². The van der Waals surface area contributed by atoms with Gasteiger partial charge in [0.1, 0.15) is 11.7 Å². The Hall–Kier alpha value is -3.51. The van der Waals surface area contributed by atoms with Crippen molar-refractivity contribution in [3.8, 4) is 11.4 Å². The average molecular weight is 421 g/mol. The number of allylic oxidation sites excluding steroid dienone is 2. The van der Waals surface area contributed by atoms with Crippen LogP contribution in [0.2, 0.25) is 0 Å². The van der Waals surface area contributed by atoms with Crippen molar-refractivity contribution < 1.29 is 9.53 Å². The molecule has 8 nitrogen and oxygen atoms in total. The van der Waals surface area contributed by atoms with Gasteiger partial charge in [0.05, 0.1) is 29.1 Å². The maximum Gasteiger partial charge on any atom is 0.245 e. The molecule has 1 aromatic carbocycles. The lowest BCUT2D eigenvalue weighted by molar-refractivity contribution is 0.242. The van der Waals surface area contributed by atoms with Crippen LogP contribution in [0.3, 0.4) is 0 Å². The standard InChI is InChI=1S/C23H28N6O2/c1-16(2)31-18-11-9-17(10-12-18)29-22(24)26-23(27-29)25-20-7-6-8-21(19(20)15-30)28-13-4-3-5-14-28/h6-12,16,20H,3-5,13-14H2,1-2H3,(H3,24,25,26,27). The van der Waals surface area contributed by atoms with E-state index in [4.69, 9.17) is 10.5 Å². The molecular formula is C23H28N6O2. The molecule has 2 heterocycles. The summed E-state index contributed by atoms with van der Waals surface area (Å²) in [6.07, 6.45) is 9.44. The molecule has 2 aliphatic rings. The molecule has 1 atom stereocenters. The normalized spacial score (nSPS) is 18.7. The quantitative estimate of drug-likeness (QED) is 0.693. The number of nitrogen functional groups attached to an aromatic ring is 1. The van der Waals surface area contributed by atoms with Crippen LogP contribution in [0.25, 0.3) is 5.69 Å². The Balaban J connectivity index is 1.50. The molecule has 1 unspecified atom stereocenters. The number of likely N-dealkylation sites (tertiary alicyclic amines) is 1. The fourth-order valence-corrected chi connectivity index (χ4v) is 3.90. The molecule has 1 aliphatic heterocycles. The predicted octanol–water partition coefficient (Wildman–Crippen LogP) is 3.11. The van der Waals surface area contributed by atoms with Crippen molar-refractivity contribution in [3.63, 3.8) is 0 Å². The third kappa shape index (κ3) is 4.64. The Morgan fingerprint density at radius 1 is 1.19 bits per heavy atom. The van der Waals surface area contributed by atoms with Crippen LogP contribution in [0.5, 0.6) is 5.75 Å². The molecule has 2 aromatic rings. The van der Waals surface area contributed by atoms with Gasteiger partial charge in [-0.2, -0.15) is 9.67 Å². The second-order valence-electron chi connectivity index (χ2n) is 7.99. The minimum Gasteiger partial charge on any atom is -0.491 e. The first-order chi connectivity index (χ1) is 15.0. The minimum atomic E-state index is -0.364. The molecule has 0 saturated carbocycles. The van der Waals surface area contributed by atoms with Crippen molar-refractivity contribution in [3.05, 3.63) is 53.8 Å². The molecule has 31 heavy (non-hydrogen) atoms. The molecular weight excluding hydrogens is 392 g/mol. The maximum atomic E-state index is 11.8. The summed E-state index contributed by atoms with van der Waals surface area (Å²) in [6.45, 7) is 5.87. The van der Waals surface area contributed by atoms with Gasteiger partial charge in [0.15, 0.2) is 0 Å². The molecule has 0 spiro atoms. The summed E-state index contributed by atoms with van der Waals surface area (Å²) in [6, 6.07) is 7.13. The Morgan fingerprint density at radius 2 is 1.94 bits per heavy atom. The number of aromatic nitrogens is 3. The zero-order valence-corrected chi connectivity index (χ0v) is 17.9. The molecule has 8 heteroatoms. The van der Waals surface area contributed by atoms with E-state index < -0.39 is 0 Å². The number of hydrogen-bond donors (Lipinski definition) is 2. The van der Waals surface area contributed by atoms with Gasteiger partial charge in [0.2, 0.25) is 11.9 Å². The number of rotatable bonds is 6. The number of benzene rings is 1. The van der Waals surface area contributed by atoms with E-state index in [-0.39, 0.29) is 18.1 Å². The Bertz CT molecular complexity index is 1020. The lowest BCUT2D eigenvalue weighted by Gasteiger charge is -2.34. The van der Waals surface area contributed by atoms with Gasteiger partial charge in [-0.25, -0.2) is 4.79 Å². The van der Waals surface area contributed by atoms with Crippen molar-refractivity contribution in [2.24, 2.45) is 0 Å². The molecule has 0 amide bonds. The van der Waals surface area contributed by atoms with Gasteiger partial charge in [-0.3, -0.25) is 0 Å². The fourth-order valence-electron chi connectivity index (χ4n) is 3.90. The van der Waals surface area contributed by atoms with Crippen molar-refractivity contribution >= 4 is 17.8 Å². The number of nitrogens with two attached hydrogens (primary N) is 1. The second-order valence-corrected chi connectivity index (χ2v) is 7.99. The van der Waals surface area contributed by atoms with Gasteiger partial charge in [-0.05, 0) is 63.5 Å². The topological polar surface area (TPSA) is 98.3 Å². The molecule has 4 rings (SSSR count). The summed E-state index contributed by atoms with van der Waals surface area (Å²) in [4.78, 5) is 18.4. The van der Waals surface area contributed by atoms with Crippen molar-refractivity contribution in [2.45, 2.75) is 45.3 Å². The van der Waals surface area contributed by atoms with E-state index in [0.29, 0.717) is 11.5 Å². The first kappa shape index (κ1) is 20.8. The lowest BCUT2D eigenvalue weighted by atomic mass is 9.97. The molecule has 1 fully saturated rings. The van der Waals surface area contributed by atoms with E-state index in [1.54, 1.807) is 4.68 Å². The highest BCUT2D eigenvalue weighted by molar-refractivity contribution is 5.67. The Morgan fingerprint density at radius 3 is 2.61 bits per heavy atom. The van der Waals surface area contributed by atoms with Gasteiger partial charge >= 0.3 is 0 Å². The van der Waals surface area contributed by atoms with E-state index in [1.165, 1.54) is 6.42 Å². The summed E-state index contributed by atoms with van der Waals surface area (Å²) in [7, 11) is 0. The first-order valence-electron chi connectivity index (χ1n) is 10.7. The monoisotopic (exact) mass is 420 g/mol. The second kappa shape index (κ2) is 9.10. The van der Waals surface area contributed by atoms with Crippen molar-refractivity contribution in [1.82, 2.24) is 19.7 Å². The van der Waals surface area contributed by atoms with Gasteiger partial charge in [0, 0.05) is 13.1 Å². The smallest absolute Gasteiger partial charge is 0.245 e. The van der Waals surface area contributed by atoms with E-state index in [1.807, 2.05) is 56.3 Å². The zero-order chi connectivity index (χ0) is 21.8. The largest absolute Gasteiger partial charge is 0.491 e. The van der Waals surface area contributed by atoms with Crippen LogP contribution in [0.15, 0.2) is 53.8 Å². The number of nitrogens with one attached hydrogen (secondary N) is 1. The first-order valence-corrected chi connectivity index (χ1v) is 10.7. The lowest BCUT2D eigenvalue weighted by Crippen LogP contribution is -2.35. The number of hydrogen-bond acceptors (Lipinski definition) is 7. The van der Waals surface area contributed by atoms with Crippen LogP contribution in [-0.2, 0) is 4.79 Å². The van der Waals surface area contributed by atoms with E-state index in [9.17, 15) is 4.79 Å². The van der Waals surface area contributed by atoms with Crippen LogP contribution in [-0.4, -0.2) is 50.8 Å². The molecule has 0 radical (unpaired) electrons. The number of carbonyl (C=O) groups excluding carboxylic acids is 1. The molecule has 3 N–H and O–H groups in total. The number of nitrogens with zero attached hydrogens (tertiary/aromatic N) is 4. The van der Waals surface area contributed by atoms with Crippen LogP contribution in [0.4, 0.5) is 11.9 Å². The molecule has 1 saturated heterocycles. The summed E-state index contributed by atoms with van der Waals surface area (Å²) in [5.74, 6) is 3.51. The highest BCUT2D eigenvalue weighted by Gasteiger charge is 2.26. The molecule has 0 bridgehead atoms. The number of piperidine rings is 1. The minimum absolute atomic E-state index is 0.102. The SMILES string of the molecule is CC(C)Oc1ccc(-n2nc(NC3C=CC=C(N4CCCCC4)C3=C=O)nc2N)cc1. The highest BCUT2D eigenvalue weighted by atomic mass is 16.5. The van der Waals surface area contributed by atoms with Gasteiger partial charge in [0.25, 0.3) is 0 Å². The van der Waals surface area contributed by atoms with Gasteiger partial charge in [-0.15, -0.1) is 5.10 Å². The molecule has 1 aromatic heterocycles. The van der Waals surface area contributed by atoms with E-state index in [2.05, 4.69) is 26.2 Å². The van der Waals surface area contributed by atoms with Gasteiger partial charge in [-0.1, -0.05) is 12.2 Å². The van der Waals surface area contributed by atoms with E-state index >= 15 is 0 Å². The van der Waals surface area contributed by atoms with Crippen LogP contribution >= 0.6 is 0 Å². The summed E-state index contributed by atoms with van der Waals surface area (Å²) < 4.78 is 7.24. The summed E-state index contributed by atoms with van der Waals surface area (Å²) in [5.41, 5.74) is 8.36. The Kier molecular flexibility index (Phi) is 6.09. The number of ether oxygens (including phenoxy) is 1. The predicted molar refractivity (Wildman–Crippen MR) is 121 cm³/mol. The average Bonchev–Trinajstić information content (AvgIpc) is 3.14. The maximum absolute atomic E-state index is 11.8. The van der Waals surface area contributed by atoms with E-state index in [0.717, 1.165) is 43.1 Å². The Labute approximate surface area is 182 Å². The van der Waals surface area contributed by atoms with Gasteiger partial charge < -0.3 is 20.7 Å². The van der Waals surface area contributed by atoms with Crippen LogP contribution in [0, 0.1) is 0 Å². The highest BCUT2D eigenvalue weighted by Crippen LogP contribution is 2.27. The van der Waals surface area contributed by atoms with Crippen molar-refractivity contribution in [1.29, 1.82) is 0 Å². The third-order valence-electron chi connectivity index (χ3n) is 5.32.